The van der Waals surface area contributed by atoms with Crippen molar-refractivity contribution in [1.29, 1.82) is 0 Å². The molecule has 1 unspecified atom stereocenters. The van der Waals surface area contributed by atoms with E-state index >= 15 is 0 Å². The number of ether oxygens (including phenoxy) is 2. The number of aliphatic hydroxyl groups is 1. The monoisotopic (exact) mass is 637 g/mol. The van der Waals surface area contributed by atoms with E-state index in [0.29, 0.717) is 25.0 Å². The van der Waals surface area contributed by atoms with E-state index in [4.69, 9.17) is 9.47 Å². The lowest BCUT2D eigenvalue weighted by Gasteiger charge is -2.19. The topological polar surface area (TPSA) is 38.7 Å². The van der Waals surface area contributed by atoms with Crippen molar-refractivity contribution >= 4 is 0 Å². The second-order valence-corrected chi connectivity index (χ2v) is 17.0. The Balaban J connectivity index is 2.42. The summed E-state index contributed by atoms with van der Waals surface area (Å²) in [5.74, 6) is 6.59. The summed E-state index contributed by atoms with van der Waals surface area (Å²) in [5.41, 5.74) is 0. The molecule has 1 heterocycles. The van der Waals surface area contributed by atoms with Crippen molar-refractivity contribution in [2.45, 2.75) is 203 Å². The van der Waals surface area contributed by atoms with Crippen LogP contribution in [-0.4, -0.2) is 31.2 Å². The molecule has 1 aliphatic rings. The maximum absolute atomic E-state index is 10.2. The van der Waals surface area contributed by atoms with Gasteiger partial charge in [-0.1, -0.05) is 184 Å². The van der Waals surface area contributed by atoms with Gasteiger partial charge in [0.1, 0.15) is 0 Å². The molecule has 1 fully saturated rings. The summed E-state index contributed by atoms with van der Waals surface area (Å²) in [6.45, 7) is 21.2. The molecule has 270 valence electrons. The van der Waals surface area contributed by atoms with E-state index in [-0.39, 0.29) is 0 Å². The fraction of sp³-hybridized carbons (Fsp3) is 1.00. The van der Waals surface area contributed by atoms with Gasteiger partial charge in [-0.15, -0.1) is 0 Å². The summed E-state index contributed by atoms with van der Waals surface area (Å²) in [7, 11) is 0. The van der Waals surface area contributed by atoms with Gasteiger partial charge in [-0.2, -0.15) is 0 Å². The lowest BCUT2D eigenvalue weighted by atomic mass is 9.88. The maximum atomic E-state index is 10.2. The SMILES string of the molecule is CC1CCC[C@H](C)CCC[C@H](C)CC[C@@H](C)CCC[C@@H](C)CCC[C@@H](C)CCC[C@@H](C)CCO[C@@H](O)COCC[C@H](C)CCC1. The Morgan fingerprint density at radius 2 is 0.578 bits per heavy atom. The van der Waals surface area contributed by atoms with E-state index in [1.165, 1.54) is 128 Å². The standard InChI is InChI=1S/C42H84O3/c1-34-15-9-17-36(3)21-13-25-40(7)29-31-44-33-42(43)45-32-30-41(8)26-14-22-37(4)18-10-16-35(2)20-12-24-39(6)28-27-38(5)23-11-19-34/h34-43H,9-33H2,1-8H3/t34-,35-,36?,37+,38-,39-,40+,41+,42+/m0/s1. The van der Waals surface area contributed by atoms with E-state index < -0.39 is 6.29 Å². The molecule has 3 heteroatoms. The van der Waals surface area contributed by atoms with Gasteiger partial charge in [0.2, 0.25) is 0 Å². The molecule has 1 aliphatic heterocycles. The molecule has 9 atom stereocenters. The molecular formula is C42H84O3. The van der Waals surface area contributed by atoms with Crippen LogP contribution in [0.3, 0.4) is 0 Å². The molecule has 3 nitrogen and oxygen atoms in total. The van der Waals surface area contributed by atoms with Gasteiger partial charge in [0.15, 0.2) is 6.29 Å². The summed E-state index contributed by atoms with van der Waals surface area (Å²) >= 11 is 0. The molecule has 1 N–H and O–H groups in total. The summed E-state index contributed by atoms with van der Waals surface area (Å²) in [6, 6.07) is 0. The van der Waals surface area contributed by atoms with Crippen LogP contribution in [0, 0.1) is 47.3 Å². The molecule has 1 rings (SSSR count). The summed E-state index contributed by atoms with van der Waals surface area (Å²) in [5, 5.41) is 10.2. The largest absolute Gasteiger partial charge is 0.376 e. The van der Waals surface area contributed by atoms with Crippen LogP contribution in [-0.2, 0) is 9.47 Å². The molecule has 45 heavy (non-hydrogen) atoms. The minimum atomic E-state index is -0.790. The first-order chi connectivity index (χ1) is 21.5. The minimum absolute atomic E-state index is 0.296. The number of hydrogen-bond donors (Lipinski definition) is 1. The van der Waals surface area contributed by atoms with Gasteiger partial charge in [0, 0.05) is 6.61 Å². The highest BCUT2D eigenvalue weighted by Crippen LogP contribution is 2.27. The third kappa shape index (κ3) is 26.5. The summed E-state index contributed by atoms with van der Waals surface area (Å²) in [4.78, 5) is 0. The summed E-state index contributed by atoms with van der Waals surface area (Å²) in [6.07, 6.45) is 29.0. The second kappa shape index (κ2) is 27.8. The van der Waals surface area contributed by atoms with Crippen molar-refractivity contribution in [2.75, 3.05) is 19.8 Å². The lowest BCUT2D eigenvalue weighted by Crippen LogP contribution is -2.21. The average Bonchev–Trinajstić information content (AvgIpc) is 2.98. The van der Waals surface area contributed by atoms with Crippen LogP contribution in [0.2, 0.25) is 0 Å². The zero-order valence-corrected chi connectivity index (χ0v) is 32.1. The Kier molecular flexibility index (Phi) is 26.5. The molecular weight excluding hydrogens is 552 g/mol. The molecule has 0 amide bonds. The van der Waals surface area contributed by atoms with E-state index in [0.717, 1.165) is 55.0 Å². The zero-order chi connectivity index (χ0) is 33.3. The minimum Gasteiger partial charge on any atom is -0.376 e. The Hall–Kier alpha value is -0.120. The van der Waals surface area contributed by atoms with E-state index in [1.807, 2.05) is 0 Å². The van der Waals surface area contributed by atoms with Crippen LogP contribution >= 0.6 is 0 Å². The number of rotatable bonds is 0. The van der Waals surface area contributed by atoms with Gasteiger partial charge >= 0.3 is 0 Å². The molecule has 0 aromatic carbocycles. The van der Waals surface area contributed by atoms with Gasteiger partial charge in [-0.3, -0.25) is 0 Å². The van der Waals surface area contributed by atoms with Gasteiger partial charge in [-0.05, 0) is 60.2 Å². The highest BCUT2D eigenvalue weighted by atomic mass is 16.6. The quantitative estimate of drug-likeness (QED) is 0.287. The second-order valence-electron chi connectivity index (χ2n) is 17.0. The zero-order valence-electron chi connectivity index (χ0n) is 32.1. The van der Waals surface area contributed by atoms with E-state index in [9.17, 15) is 5.11 Å². The van der Waals surface area contributed by atoms with Crippen molar-refractivity contribution in [3.63, 3.8) is 0 Å². The molecule has 0 saturated carbocycles. The van der Waals surface area contributed by atoms with E-state index in [2.05, 4.69) is 55.4 Å². The van der Waals surface area contributed by atoms with Crippen molar-refractivity contribution in [1.82, 2.24) is 0 Å². The molecule has 0 aromatic heterocycles. The van der Waals surface area contributed by atoms with Gasteiger partial charge in [-0.25, -0.2) is 0 Å². The van der Waals surface area contributed by atoms with Crippen LogP contribution in [0.5, 0.6) is 0 Å². The summed E-state index contributed by atoms with van der Waals surface area (Å²) < 4.78 is 11.4. The van der Waals surface area contributed by atoms with Gasteiger partial charge in [0.25, 0.3) is 0 Å². The van der Waals surface area contributed by atoms with Crippen molar-refractivity contribution in [3.05, 3.63) is 0 Å². The maximum Gasteiger partial charge on any atom is 0.178 e. The first-order valence-electron chi connectivity index (χ1n) is 20.4. The Morgan fingerprint density at radius 3 is 0.889 bits per heavy atom. The number of hydrogen-bond acceptors (Lipinski definition) is 3. The lowest BCUT2D eigenvalue weighted by molar-refractivity contribution is -0.140. The predicted octanol–water partition coefficient (Wildman–Crippen LogP) is 13.0. The van der Waals surface area contributed by atoms with Crippen LogP contribution in [0.15, 0.2) is 0 Å². The first-order valence-corrected chi connectivity index (χ1v) is 20.4. The fourth-order valence-corrected chi connectivity index (χ4v) is 7.53. The first kappa shape index (κ1) is 42.9. The van der Waals surface area contributed by atoms with Crippen LogP contribution in [0.1, 0.15) is 197 Å². The normalized spacial score (nSPS) is 36.6. The highest BCUT2D eigenvalue weighted by molar-refractivity contribution is 4.65. The van der Waals surface area contributed by atoms with Crippen molar-refractivity contribution in [3.8, 4) is 0 Å². The molecule has 0 aliphatic carbocycles. The van der Waals surface area contributed by atoms with Gasteiger partial charge < -0.3 is 14.6 Å². The Bertz CT molecular complexity index is 637. The Labute approximate surface area is 284 Å². The van der Waals surface area contributed by atoms with Gasteiger partial charge in [0.05, 0.1) is 13.2 Å². The van der Waals surface area contributed by atoms with Crippen molar-refractivity contribution in [2.24, 2.45) is 47.3 Å². The van der Waals surface area contributed by atoms with Crippen LogP contribution < -0.4 is 0 Å². The predicted molar refractivity (Wildman–Crippen MR) is 198 cm³/mol. The molecule has 0 radical (unpaired) electrons. The van der Waals surface area contributed by atoms with Crippen molar-refractivity contribution < 1.29 is 14.6 Å². The fourth-order valence-electron chi connectivity index (χ4n) is 7.53. The molecule has 0 bridgehead atoms. The Morgan fingerprint density at radius 1 is 0.333 bits per heavy atom. The smallest absolute Gasteiger partial charge is 0.178 e. The van der Waals surface area contributed by atoms with Crippen LogP contribution in [0.4, 0.5) is 0 Å². The van der Waals surface area contributed by atoms with E-state index in [1.54, 1.807) is 0 Å². The average molecular weight is 637 g/mol. The third-order valence-electron chi connectivity index (χ3n) is 11.5. The van der Waals surface area contributed by atoms with Crippen LogP contribution in [0.25, 0.3) is 0 Å². The third-order valence-corrected chi connectivity index (χ3v) is 11.5. The number of aliphatic hydroxyl groups excluding tert-OH is 1. The molecule has 1 saturated heterocycles. The molecule has 0 spiro atoms. The highest BCUT2D eigenvalue weighted by Gasteiger charge is 2.13. The molecule has 0 aromatic rings.